The van der Waals surface area contributed by atoms with Crippen LogP contribution in [0.15, 0.2) is 54.6 Å². The van der Waals surface area contributed by atoms with Crippen molar-refractivity contribution in [2.75, 3.05) is 6.61 Å². The molecule has 2 aromatic rings. The molecule has 4 nitrogen and oxygen atoms in total. The molecule has 1 N–H and O–H groups in total. The quantitative estimate of drug-likeness (QED) is 0.821. The molecule has 2 aromatic carbocycles. The Labute approximate surface area is 154 Å². The van der Waals surface area contributed by atoms with Gasteiger partial charge in [0.2, 0.25) is 0 Å². The van der Waals surface area contributed by atoms with Crippen LogP contribution in [0.5, 0.6) is 0 Å². The number of benzene rings is 2. The van der Waals surface area contributed by atoms with Gasteiger partial charge in [0.25, 0.3) is 5.91 Å². The third-order valence-corrected chi connectivity index (χ3v) is 5.02. The van der Waals surface area contributed by atoms with E-state index in [4.69, 9.17) is 4.74 Å². The summed E-state index contributed by atoms with van der Waals surface area (Å²) >= 11 is 0. The average Bonchev–Trinajstić information content (AvgIpc) is 2.69. The lowest BCUT2D eigenvalue weighted by atomic mass is 9.86. The first-order valence-electron chi connectivity index (χ1n) is 9.25. The molecule has 0 radical (unpaired) electrons. The molecule has 1 fully saturated rings. The van der Waals surface area contributed by atoms with Crippen molar-refractivity contribution in [2.45, 2.75) is 38.6 Å². The van der Waals surface area contributed by atoms with Gasteiger partial charge < -0.3 is 10.1 Å². The molecule has 0 heterocycles. The fraction of sp³-hybridized carbons (Fsp3) is 0.364. The van der Waals surface area contributed by atoms with E-state index >= 15 is 0 Å². The average molecular weight is 351 g/mol. The monoisotopic (exact) mass is 351 g/mol. The number of carbonyl (C=O) groups excluding carboxylic acids is 2. The van der Waals surface area contributed by atoms with Crippen molar-refractivity contribution in [1.82, 2.24) is 5.32 Å². The van der Waals surface area contributed by atoms with Crippen molar-refractivity contribution in [3.05, 3.63) is 60.2 Å². The van der Waals surface area contributed by atoms with Crippen molar-refractivity contribution in [3.8, 4) is 11.1 Å². The van der Waals surface area contributed by atoms with E-state index in [1.807, 2.05) is 42.5 Å². The molecule has 0 saturated heterocycles. The Morgan fingerprint density at radius 2 is 1.62 bits per heavy atom. The van der Waals surface area contributed by atoms with E-state index < -0.39 is 5.97 Å². The van der Waals surface area contributed by atoms with Crippen LogP contribution in [0.2, 0.25) is 0 Å². The second kappa shape index (κ2) is 8.65. The number of hydrogen-bond acceptors (Lipinski definition) is 3. The maximum atomic E-state index is 12.2. The molecule has 3 rings (SSSR count). The van der Waals surface area contributed by atoms with Crippen LogP contribution in [-0.2, 0) is 9.53 Å². The minimum absolute atomic E-state index is 0.195. The molecule has 0 aromatic heterocycles. The van der Waals surface area contributed by atoms with Gasteiger partial charge >= 0.3 is 5.97 Å². The molecule has 1 aliphatic carbocycles. The molecule has 1 saturated carbocycles. The van der Waals surface area contributed by atoms with Gasteiger partial charge in [-0.2, -0.15) is 0 Å². The molecular weight excluding hydrogens is 326 g/mol. The highest BCUT2D eigenvalue weighted by atomic mass is 16.5. The minimum Gasteiger partial charge on any atom is -0.452 e. The molecule has 1 amide bonds. The van der Waals surface area contributed by atoms with E-state index in [0.29, 0.717) is 11.5 Å². The van der Waals surface area contributed by atoms with Gasteiger partial charge in [0, 0.05) is 6.04 Å². The third-order valence-electron chi connectivity index (χ3n) is 5.02. The highest BCUT2D eigenvalue weighted by Gasteiger charge is 2.23. The number of ether oxygens (including phenoxy) is 1. The lowest BCUT2D eigenvalue weighted by Crippen LogP contribution is -2.42. The molecule has 2 atom stereocenters. The van der Waals surface area contributed by atoms with Gasteiger partial charge in [0.05, 0.1) is 5.56 Å². The van der Waals surface area contributed by atoms with E-state index in [0.717, 1.165) is 30.4 Å². The zero-order valence-electron chi connectivity index (χ0n) is 15.1. The highest BCUT2D eigenvalue weighted by molar-refractivity contribution is 5.91. The van der Waals surface area contributed by atoms with Crippen molar-refractivity contribution < 1.29 is 14.3 Å². The number of hydrogen-bond donors (Lipinski definition) is 1. The van der Waals surface area contributed by atoms with Crippen LogP contribution in [0.25, 0.3) is 11.1 Å². The predicted octanol–water partition coefficient (Wildman–Crippen LogP) is 4.21. The maximum absolute atomic E-state index is 12.2. The topological polar surface area (TPSA) is 55.4 Å². The largest absolute Gasteiger partial charge is 0.452 e. The van der Waals surface area contributed by atoms with Crippen molar-refractivity contribution >= 4 is 11.9 Å². The Bertz CT molecular complexity index is 740. The summed E-state index contributed by atoms with van der Waals surface area (Å²) in [6.45, 7) is 1.92. The van der Waals surface area contributed by atoms with Crippen LogP contribution < -0.4 is 5.32 Å². The second-order valence-corrected chi connectivity index (χ2v) is 6.96. The summed E-state index contributed by atoms with van der Waals surface area (Å²) in [7, 11) is 0. The Hall–Kier alpha value is -2.62. The first-order valence-corrected chi connectivity index (χ1v) is 9.25. The Balaban J connectivity index is 1.51. The van der Waals surface area contributed by atoms with E-state index in [2.05, 4.69) is 12.2 Å². The van der Waals surface area contributed by atoms with Crippen LogP contribution in [0.1, 0.15) is 43.0 Å². The van der Waals surface area contributed by atoms with Crippen molar-refractivity contribution in [2.24, 2.45) is 5.92 Å². The minimum atomic E-state index is -0.476. The smallest absolute Gasteiger partial charge is 0.338 e. The van der Waals surface area contributed by atoms with E-state index in [9.17, 15) is 9.59 Å². The molecule has 0 aliphatic heterocycles. The SMILES string of the molecule is C[C@@H]1CCCC[C@@H]1NC(=O)COC(=O)c1ccc(-c2ccccc2)cc1. The van der Waals surface area contributed by atoms with Gasteiger partial charge in [-0.1, -0.05) is 62.2 Å². The van der Waals surface area contributed by atoms with Crippen LogP contribution in [0.4, 0.5) is 0 Å². The summed E-state index contributed by atoms with van der Waals surface area (Å²) < 4.78 is 5.16. The Morgan fingerprint density at radius 1 is 0.962 bits per heavy atom. The molecule has 136 valence electrons. The van der Waals surface area contributed by atoms with Gasteiger partial charge in [0.1, 0.15) is 0 Å². The summed E-state index contributed by atoms with van der Waals surface area (Å²) in [4.78, 5) is 24.2. The first kappa shape index (κ1) is 18.2. The van der Waals surface area contributed by atoms with Crippen LogP contribution >= 0.6 is 0 Å². The number of rotatable bonds is 5. The van der Waals surface area contributed by atoms with E-state index in [1.54, 1.807) is 12.1 Å². The number of carbonyl (C=O) groups is 2. The zero-order valence-corrected chi connectivity index (χ0v) is 15.1. The van der Waals surface area contributed by atoms with Crippen LogP contribution in [-0.4, -0.2) is 24.5 Å². The van der Waals surface area contributed by atoms with Gasteiger partial charge in [-0.05, 0) is 42.0 Å². The lowest BCUT2D eigenvalue weighted by molar-refractivity contribution is -0.125. The van der Waals surface area contributed by atoms with Crippen molar-refractivity contribution in [3.63, 3.8) is 0 Å². The first-order chi connectivity index (χ1) is 12.6. The fourth-order valence-corrected chi connectivity index (χ4v) is 3.42. The normalized spacial score (nSPS) is 19.6. The zero-order chi connectivity index (χ0) is 18.4. The Kier molecular flexibility index (Phi) is 6.05. The summed E-state index contributed by atoms with van der Waals surface area (Å²) in [5.41, 5.74) is 2.57. The molecule has 4 heteroatoms. The number of amides is 1. The second-order valence-electron chi connectivity index (χ2n) is 6.96. The van der Waals surface area contributed by atoms with Gasteiger partial charge in [-0.25, -0.2) is 4.79 Å². The van der Waals surface area contributed by atoms with Gasteiger partial charge in [-0.3, -0.25) is 4.79 Å². The molecular formula is C22H25NO3. The van der Waals surface area contributed by atoms with Crippen LogP contribution in [0, 0.1) is 5.92 Å². The summed E-state index contributed by atoms with van der Waals surface area (Å²) in [6, 6.07) is 17.4. The predicted molar refractivity (Wildman–Crippen MR) is 102 cm³/mol. The molecule has 1 aliphatic rings. The van der Waals surface area contributed by atoms with Crippen LogP contribution in [0.3, 0.4) is 0 Å². The van der Waals surface area contributed by atoms with E-state index in [-0.39, 0.29) is 18.6 Å². The van der Waals surface area contributed by atoms with Gasteiger partial charge in [-0.15, -0.1) is 0 Å². The molecule has 0 spiro atoms. The summed E-state index contributed by atoms with van der Waals surface area (Å²) in [5.74, 6) is -0.219. The number of nitrogens with one attached hydrogen (secondary N) is 1. The Morgan fingerprint density at radius 3 is 2.31 bits per heavy atom. The van der Waals surface area contributed by atoms with E-state index in [1.165, 1.54) is 6.42 Å². The van der Waals surface area contributed by atoms with Crippen molar-refractivity contribution in [1.29, 1.82) is 0 Å². The molecule has 0 bridgehead atoms. The fourth-order valence-electron chi connectivity index (χ4n) is 3.42. The maximum Gasteiger partial charge on any atom is 0.338 e. The molecule has 26 heavy (non-hydrogen) atoms. The lowest BCUT2D eigenvalue weighted by Gasteiger charge is -2.29. The number of esters is 1. The summed E-state index contributed by atoms with van der Waals surface area (Å²) in [5, 5.41) is 2.99. The molecule has 0 unspecified atom stereocenters. The standard InChI is InChI=1S/C22H25NO3/c1-16-7-5-6-10-20(16)23-21(24)15-26-22(25)19-13-11-18(12-14-19)17-8-3-2-4-9-17/h2-4,8-9,11-14,16,20H,5-7,10,15H2,1H3,(H,23,24)/t16-,20+/m1/s1. The summed E-state index contributed by atoms with van der Waals surface area (Å²) in [6.07, 6.45) is 4.50. The van der Waals surface area contributed by atoms with Gasteiger partial charge in [0.15, 0.2) is 6.61 Å². The third kappa shape index (κ3) is 4.72. The highest BCUT2D eigenvalue weighted by Crippen LogP contribution is 2.23.